The van der Waals surface area contributed by atoms with Gasteiger partial charge in [-0.2, -0.15) is 0 Å². The van der Waals surface area contributed by atoms with Gasteiger partial charge in [-0.25, -0.2) is 0 Å². The van der Waals surface area contributed by atoms with Gasteiger partial charge < -0.3 is 15.1 Å². The Morgan fingerprint density at radius 3 is 2.05 bits per heavy atom. The first kappa shape index (κ1) is 17.0. The maximum absolute atomic E-state index is 11.8. The molecule has 0 radical (unpaired) electrons. The fourth-order valence-corrected chi connectivity index (χ4v) is 2.01. The van der Waals surface area contributed by atoms with Gasteiger partial charge in [-0.05, 0) is 38.1 Å². The van der Waals surface area contributed by atoms with E-state index in [1.165, 1.54) is 6.92 Å². The first-order valence-electron chi connectivity index (χ1n) is 7.16. The summed E-state index contributed by atoms with van der Waals surface area (Å²) in [6.45, 7) is 5.73. The van der Waals surface area contributed by atoms with Crippen molar-refractivity contribution in [2.45, 2.75) is 33.2 Å². The Balaban J connectivity index is 2.73. The molecule has 5 heteroatoms. The Labute approximate surface area is 126 Å². The molecule has 0 aromatic heterocycles. The van der Waals surface area contributed by atoms with E-state index >= 15 is 0 Å². The van der Waals surface area contributed by atoms with Gasteiger partial charge in [0.25, 0.3) is 0 Å². The van der Waals surface area contributed by atoms with Crippen molar-refractivity contribution in [1.82, 2.24) is 5.32 Å². The molecule has 0 aliphatic carbocycles. The van der Waals surface area contributed by atoms with E-state index in [2.05, 4.69) is 5.32 Å². The Hall–Kier alpha value is -2.04. The lowest BCUT2D eigenvalue weighted by atomic mass is 10.2. The molecule has 2 amide bonds. The van der Waals surface area contributed by atoms with E-state index in [0.29, 0.717) is 13.0 Å². The summed E-state index contributed by atoms with van der Waals surface area (Å²) >= 11 is 0. The van der Waals surface area contributed by atoms with Gasteiger partial charge >= 0.3 is 0 Å². The number of rotatable bonds is 6. The first-order chi connectivity index (χ1) is 9.81. The number of hydrogen-bond acceptors (Lipinski definition) is 3. The third kappa shape index (κ3) is 5.45. The van der Waals surface area contributed by atoms with Crippen LogP contribution in [0.1, 0.15) is 27.2 Å². The van der Waals surface area contributed by atoms with Crippen LogP contribution >= 0.6 is 0 Å². The van der Waals surface area contributed by atoms with Crippen LogP contribution in [-0.2, 0) is 9.59 Å². The fraction of sp³-hybridized carbons (Fsp3) is 0.500. The lowest BCUT2D eigenvalue weighted by molar-refractivity contribution is -0.121. The zero-order valence-corrected chi connectivity index (χ0v) is 13.5. The van der Waals surface area contributed by atoms with Gasteiger partial charge in [0.15, 0.2) is 0 Å². The normalized spacial score (nSPS) is 10.4. The summed E-state index contributed by atoms with van der Waals surface area (Å²) in [5.41, 5.74) is 1.88. The number of benzene rings is 1. The summed E-state index contributed by atoms with van der Waals surface area (Å²) in [5.74, 6) is -0.105. The SMILES string of the molecule is CC(=O)N(CCC(=O)NC(C)C)c1ccc(N(C)C)cc1. The van der Waals surface area contributed by atoms with Crippen molar-refractivity contribution in [1.29, 1.82) is 0 Å². The molecule has 0 fully saturated rings. The van der Waals surface area contributed by atoms with Crippen LogP contribution in [0.15, 0.2) is 24.3 Å². The molecule has 0 bridgehead atoms. The van der Waals surface area contributed by atoms with Crippen LogP contribution in [0, 0.1) is 0 Å². The maximum atomic E-state index is 11.8. The van der Waals surface area contributed by atoms with Crippen molar-refractivity contribution in [3.63, 3.8) is 0 Å². The molecule has 0 atom stereocenters. The Kier molecular flexibility index (Phi) is 6.21. The number of hydrogen-bond donors (Lipinski definition) is 1. The number of anilines is 2. The molecule has 116 valence electrons. The number of nitrogens with zero attached hydrogens (tertiary/aromatic N) is 2. The molecule has 1 aromatic carbocycles. The topological polar surface area (TPSA) is 52.7 Å². The van der Waals surface area contributed by atoms with Gasteiger partial charge in [-0.3, -0.25) is 9.59 Å². The zero-order chi connectivity index (χ0) is 16.0. The minimum Gasteiger partial charge on any atom is -0.378 e. The maximum Gasteiger partial charge on any atom is 0.223 e. The second-order valence-electron chi connectivity index (χ2n) is 5.55. The van der Waals surface area contributed by atoms with E-state index in [0.717, 1.165) is 11.4 Å². The molecule has 0 saturated carbocycles. The Bertz CT molecular complexity index is 481. The van der Waals surface area contributed by atoms with Crippen LogP contribution < -0.4 is 15.1 Å². The van der Waals surface area contributed by atoms with E-state index in [1.807, 2.05) is 57.1 Å². The molecule has 0 aliphatic heterocycles. The van der Waals surface area contributed by atoms with E-state index in [9.17, 15) is 9.59 Å². The highest BCUT2D eigenvalue weighted by Crippen LogP contribution is 2.20. The van der Waals surface area contributed by atoms with Gasteiger partial charge in [-0.15, -0.1) is 0 Å². The number of carbonyl (C=O) groups excluding carboxylic acids is 2. The van der Waals surface area contributed by atoms with Crippen LogP contribution in [-0.4, -0.2) is 38.5 Å². The third-order valence-electron chi connectivity index (χ3n) is 3.07. The van der Waals surface area contributed by atoms with Crippen molar-refractivity contribution in [3.8, 4) is 0 Å². The molecule has 0 spiro atoms. The van der Waals surface area contributed by atoms with Gasteiger partial charge in [-0.1, -0.05) is 0 Å². The van der Waals surface area contributed by atoms with Crippen LogP contribution in [0.4, 0.5) is 11.4 Å². The highest BCUT2D eigenvalue weighted by atomic mass is 16.2. The van der Waals surface area contributed by atoms with Gasteiger partial charge in [0, 0.05) is 51.4 Å². The van der Waals surface area contributed by atoms with Gasteiger partial charge in [0.1, 0.15) is 0 Å². The second kappa shape index (κ2) is 7.67. The molecule has 1 rings (SSSR count). The average Bonchev–Trinajstić information content (AvgIpc) is 2.38. The Morgan fingerprint density at radius 2 is 1.62 bits per heavy atom. The first-order valence-corrected chi connectivity index (χ1v) is 7.16. The summed E-state index contributed by atoms with van der Waals surface area (Å²) < 4.78 is 0. The minimum atomic E-state index is -0.0649. The molecule has 0 heterocycles. The summed E-state index contributed by atoms with van der Waals surface area (Å²) in [4.78, 5) is 27.1. The number of nitrogens with one attached hydrogen (secondary N) is 1. The van der Waals surface area contributed by atoms with Gasteiger partial charge in [0.2, 0.25) is 11.8 Å². The Morgan fingerprint density at radius 1 is 1.10 bits per heavy atom. The average molecular weight is 291 g/mol. The van der Waals surface area contributed by atoms with E-state index in [-0.39, 0.29) is 17.9 Å². The van der Waals surface area contributed by atoms with Crippen molar-refractivity contribution >= 4 is 23.2 Å². The number of amides is 2. The highest BCUT2D eigenvalue weighted by molar-refractivity contribution is 5.92. The summed E-state index contributed by atoms with van der Waals surface area (Å²) in [5, 5.41) is 2.83. The summed E-state index contributed by atoms with van der Waals surface area (Å²) in [6, 6.07) is 7.83. The molecule has 0 aliphatic rings. The third-order valence-corrected chi connectivity index (χ3v) is 3.07. The molecule has 21 heavy (non-hydrogen) atoms. The molecule has 5 nitrogen and oxygen atoms in total. The van der Waals surface area contributed by atoms with Crippen molar-refractivity contribution < 1.29 is 9.59 Å². The molecule has 0 unspecified atom stereocenters. The second-order valence-corrected chi connectivity index (χ2v) is 5.55. The van der Waals surface area contributed by atoms with Crippen LogP contribution in [0.3, 0.4) is 0 Å². The number of carbonyl (C=O) groups is 2. The van der Waals surface area contributed by atoms with Gasteiger partial charge in [0.05, 0.1) is 0 Å². The predicted octanol–water partition coefficient (Wildman–Crippen LogP) is 2.02. The fourth-order valence-electron chi connectivity index (χ4n) is 2.01. The zero-order valence-electron chi connectivity index (χ0n) is 13.5. The lowest BCUT2D eigenvalue weighted by Crippen LogP contribution is -2.36. The van der Waals surface area contributed by atoms with E-state index in [4.69, 9.17) is 0 Å². The van der Waals surface area contributed by atoms with Crippen LogP contribution in [0.5, 0.6) is 0 Å². The molecule has 1 N–H and O–H groups in total. The molecular formula is C16H25N3O2. The molecule has 0 saturated heterocycles. The monoisotopic (exact) mass is 291 g/mol. The van der Waals surface area contributed by atoms with E-state index < -0.39 is 0 Å². The van der Waals surface area contributed by atoms with Crippen molar-refractivity contribution in [2.75, 3.05) is 30.4 Å². The van der Waals surface area contributed by atoms with Crippen molar-refractivity contribution in [2.24, 2.45) is 0 Å². The van der Waals surface area contributed by atoms with E-state index in [1.54, 1.807) is 4.90 Å². The van der Waals surface area contributed by atoms with Crippen LogP contribution in [0.2, 0.25) is 0 Å². The summed E-state index contributed by atoms with van der Waals surface area (Å²) in [7, 11) is 3.93. The lowest BCUT2D eigenvalue weighted by Gasteiger charge is -2.22. The molecule has 1 aromatic rings. The highest BCUT2D eigenvalue weighted by Gasteiger charge is 2.14. The standard InChI is InChI=1S/C16H25N3O2/c1-12(2)17-16(21)10-11-19(13(3)20)15-8-6-14(7-9-15)18(4)5/h6-9,12H,10-11H2,1-5H3,(H,17,21). The van der Waals surface area contributed by atoms with Crippen molar-refractivity contribution in [3.05, 3.63) is 24.3 Å². The summed E-state index contributed by atoms with van der Waals surface area (Å²) in [6.07, 6.45) is 0.299. The molecular weight excluding hydrogens is 266 g/mol. The quantitative estimate of drug-likeness (QED) is 0.872. The predicted molar refractivity (Wildman–Crippen MR) is 86.7 cm³/mol. The smallest absolute Gasteiger partial charge is 0.223 e. The minimum absolute atomic E-state index is 0.0406. The largest absolute Gasteiger partial charge is 0.378 e. The van der Waals surface area contributed by atoms with Crippen LogP contribution in [0.25, 0.3) is 0 Å².